The number of rotatable bonds is 8. The SMILES string of the molecule is CC(C)(C)[Si](OC[C@H](O)[C@H](O)CC=O)(c1ccccc1)c1ccccc1. The van der Waals surface area contributed by atoms with Crippen LogP contribution in [0.25, 0.3) is 0 Å². The third-order valence-electron chi connectivity index (χ3n) is 4.67. The van der Waals surface area contributed by atoms with E-state index in [0.717, 1.165) is 10.4 Å². The molecule has 2 N–H and O–H groups in total. The molecule has 0 spiro atoms. The molecule has 26 heavy (non-hydrogen) atoms. The highest BCUT2D eigenvalue weighted by molar-refractivity contribution is 6.99. The molecule has 0 aliphatic carbocycles. The Morgan fingerprint density at radius 1 is 0.923 bits per heavy atom. The first kappa shape index (κ1) is 20.5. The van der Waals surface area contributed by atoms with Crippen LogP contribution in [0.2, 0.25) is 5.04 Å². The minimum Gasteiger partial charge on any atom is -0.405 e. The molecule has 0 heterocycles. The molecular weight excluding hydrogens is 344 g/mol. The van der Waals surface area contributed by atoms with E-state index in [4.69, 9.17) is 4.43 Å². The van der Waals surface area contributed by atoms with Gasteiger partial charge in [0.05, 0.1) is 12.7 Å². The van der Waals surface area contributed by atoms with Gasteiger partial charge >= 0.3 is 0 Å². The Bertz CT molecular complexity index is 643. The molecule has 0 aliphatic heterocycles. The van der Waals surface area contributed by atoms with Crippen LogP contribution in [0.3, 0.4) is 0 Å². The van der Waals surface area contributed by atoms with Crippen LogP contribution in [0.5, 0.6) is 0 Å². The number of aliphatic hydroxyl groups excluding tert-OH is 2. The number of aldehydes is 1. The van der Waals surface area contributed by atoms with Crippen molar-refractivity contribution in [2.45, 2.75) is 44.4 Å². The molecule has 2 rings (SSSR count). The van der Waals surface area contributed by atoms with Crippen LogP contribution in [-0.2, 0) is 9.22 Å². The molecule has 140 valence electrons. The molecule has 0 unspecified atom stereocenters. The zero-order valence-electron chi connectivity index (χ0n) is 15.6. The molecule has 2 aromatic rings. The number of hydrogen-bond acceptors (Lipinski definition) is 4. The van der Waals surface area contributed by atoms with Gasteiger partial charge in [-0.1, -0.05) is 81.4 Å². The van der Waals surface area contributed by atoms with Crippen LogP contribution >= 0.6 is 0 Å². The predicted octanol–water partition coefficient (Wildman–Crippen LogP) is 1.87. The van der Waals surface area contributed by atoms with Crippen LogP contribution in [0.4, 0.5) is 0 Å². The van der Waals surface area contributed by atoms with Gasteiger partial charge in [-0.05, 0) is 15.4 Å². The first-order valence-corrected chi connectivity index (χ1v) is 10.8. The van der Waals surface area contributed by atoms with Crippen molar-refractivity contribution >= 4 is 25.0 Å². The van der Waals surface area contributed by atoms with E-state index in [-0.39, 0.29) is 18.1 Å². The summed E-state index contributed by atoms with van der Waals surface area (Å²) >= 11 is 0. The van der Waals surface area contributed by atoms with E-state index < -0.39 is 20.5 Å². The van der Waals surface area contributed by atoms with Crippen molar-refractivity contribution in [2.75, 3.05) is 6.61 Å². The van der Waals surface area contributed by atoms with Crippen molar-refractivity contribution in [1.29, 1.82) is 0 Å². The van der Waals surface area contributed by atoms with Crippen molar-refractivity contribution in [1.82, 2.24) is 0 Å². The molecule has 0 saturated carbocycles. The Morgan fingerprint density at radius 2 is 1.38 bits per heavy atom. The van der Waals surface area contributed by atoms with Gasteiger partial charge in [-0.15, -0.1) is 0 Å². The van der Waals surface area contributed by atoms with Gasteiger partial charge in [0.25, 0.3) is 8.32 Å². The highest BCUT2D eigenvalue weighted by Crippen LogP contribution is 2.36. The Hall–Kier alpha value is -1.79. The fourth-order valence-electron chi connectivity index (χ4n) is 3.34. The molecule has 2 atom stereocenters. The maximum atomic E-state index is 10.6. The summed E-state index contributed by atoms with van der Waals surface area (Å²) < 4.78 is 6.51. The van der Waals surface area contributed by atoms with Gasteiger partial charge in [-0.25, -0.2) is 0 Å². The monoisotopic (exact) mass is 372 g/mol. The first-order valence-electron chi connectivity index (χ1n) is 8.87. The summed E-state index contributed by atoms with van der Waals surface area (Å²) in [7, 11) is -2.74. The Morgan fingerprint density at radius 3 is 1.77 bits per heavy atom. The van der Waals surface area contributed by atoms with Crippen molar-refractivity contribution in [3.63, 3.8) is 0 Å². The van der Waals surface area contributed by atoms with Gasteiger partial charge in [0.15, 0.2) is 0 Å². The average Bonchev–Trinajstić information content (AvgIpc) is 2.63. The average molecular weight is 373 g/mol. The van der Waals surface area contributed by atoms with Crippen LogP contribution < -0.4 is 10.4 Å². The second kappa shape index (κ2) is 8.73. The second-order valence-electron chi connectivity index (χ2n) is 7.51. The lowest BCUT2D eigenvalue weighted by molar-refractivity contribution is -0.111. The molecule has 0 radical (unpaired) electrons. The summed E-state index contributed by atoms with van der Waals surface area (Å²) in [5.41, 5.74) is 0. The number of carbonyl (C=O) groups excluding carboxylic acids is 1. The van der Waals surface area contributed by atoms with Crippen molar-refractivity contribution in [3.8, 4) is 0 Å². The summed E-state index contributed by atoms with van der Waals surface area (Å²) in [6, 6.07) is 20.2. The Balaban J connectivity index is 2.49. The zero-order chi connectivity index (χ0) is 19.2. The molecule has 0 amide bonds. The van der Waals surface area contributed by atoms with Gasteiger partial charge in [0, 0.05) is 6.42 Å². The highest BCUT2D eigenvalue weighted by atomic mass is 28.4. The van der Waals surface area contributed by atoms with Gasteiger partial charge in [0.1, 0.15) is 12.4 Å². The lowest BCUT2D eigenvalue weighted by atomic mass is 10.2. The Kier molecular flexibility index (Phi) is 6.89. The standard InChI is InChI=1S/C21H28O4Si/c1-21(2,3)26(17-10-6-4-7-11-17,18-12-8-5-9-13-18)25-16-20(24)19(23)14-15-22/h4-13,15,19-20,23-24H,14,16H2,1-3H3/t19-,20+/m1/s1. The quantitative estimate of drug-likeness (QED) is 0.548. The molecule has 0 fully saturated rings. The smallest absolute Gasteiger partial charge is 0.261 e. The van der Waals surface area contributed by atoms with Gasteiger partial charge in [-0.3, -0.25) is 0 Å². The summed E-state index contributed by atoms with van der Waals surface area (Å²) in [4.78, 5) is 10.6. The van der Waals surface area contributed by atoms with Crippen LogP contribution in [-0.4, -0.2) is 43.6 Å². The van der Waals surface area contributed by atoms with Crippen LogP contribution in [0.1, 0.15) is 27.2 Å². The molecule has 4 nitrogen and oxygen atoms in total. The second-order valence-corrected chi connectivity index (χ2v) is 11.8. The van der Waals surface area contributed by atoms with Crippen LogP contribution in [0.15, 0.2) is 60.7 Å². The summed E-state index contributed by atoms with van der Waals surface area (Å²) in [5, 5.41) is 22.2. The van der Waals surface area contributed by atoms with Crippen molar-refractivity contribution in [3.05, 3.63) is 60.7 Å². The Labute approximate surface area is 156 Å². The van der Waals surface area contributed by atoms with Crippen LogP contribution in [0, 0.1) is 0 Å². The molecule has 0 aliphatic rings. The fraction of sp³-hybridized carbons (Fsp3) is 0.381. The van der Waals surface area contributed by atoms with Gasteiger partial charge < -0.3 is 19.4 Å². The third kappa shape index (κ3) is 4.30. The zero-order valence-corrected chi connectivity index (χ0v) is 16.6. The predicted molar refractivity (Wildman–Crippen MR) is 106 cm³/mol. The number of carbonyl (C=O) groups is 1. The molecule has 2 aromatic carbocycles. The molecule has 0 saturated heterocycles. The number of benzene rings is 2. The van der Waals surface area contributed by atoms with Crippen molar-refractivity contribution in [2.24, 2.45) is 0 Å². The van der Waals surface area contributed by atoms with Gasteiger partial charge in [-0.2, -0.15) is 0 Å². The van der Waals surface area contributed by atoms with E-state index >= 15 is 0 Å². The summed E-state index contributed by atoms with van der Waals surface area (Å²) in [6.45, 7) is 6.41. The minimum atomic E-state index is -2.74. The lowest BCUT2D eigenvalue weighted by Gasteiger charge is -2.43. The van der Waals surface area contributed by atoms with E-state index in [0.29, 0.717) is 6.29 Å². The third-order valence-corrected chi connectivity index (χ3v) is 9.67. The van der Waals surface area contributed by atoms with E-state index in [1.54, 1.807) is 0 Å². The molecular formula is C21H28O4Si. The molecule has 0 aromatic heterocycles. The molecule has 5 heteroatoms. The lowest BCUT2D eigenvalue weighted by Crippen LogP contribution is -2.67. The van der Waals surface area contributed by atoms with E-state index in [2.05, 4.69) is 45.0 Å². The summed E-state index contributed by atoms with van der Waals surface area (Å²) in [5.74, 6) is 0. The van der Waals surface area contributed by atoms with Gasteiger partial charge in [0.2, 0.25) is 0 Å². The minimum absolute atomic E-state index is 0.0255. The number of aliphatic hydroxyl groups is 2. The molecule has 0 bridgehead atoms. The van der Waals surface area contributed by atoms with E-state index in [1.165, 1.54) is 0 Å². The number of hydrogen-bond donors (Lipinski definition) is 2. The maximum Gasteiger partial charge on any atom is 0.261 e. The topological polar surface area (TPSA) is 66.8 Å². The first-order chi connectivity index (χ1) is 12.3. The van der Waals surface area contributed by atoms with Crippen molar-refractivity contribution < 1.29 is 19.4 Å². The normalized spacial score (nSPS) is 14.7. The maximum absolute atomic E-state index is 10.6. The summed E-state index contributed by atoms with van der Waals surface area (Å²) in [6.07, 6.45) is -1.73. The highest BCUT2D eigenvalue weighted by Gasteiger charge is 2.50. The van der Waals surface area contributed by atoms with E-state index in [1.807, 2.05) is 36.4 Å². The fourth-order valence-corrected chi connectivity index (χ4v) is 7.91. The largest absolute Gasteiger partial charge is 0.405 e. The van der Waals surface area contributed by atoms with E-state index in [9.17, 15) is 15.0 Å².